The Morgan fingerprint density at radius 1 is 1.02 bits per heavy atom. The Kier molecular flexibility index (Phi) is 8.03. The molecule has 1 aliphatic carbocycles. The van der Waals surface area contributed by atoms with Crippen LogP contribution in [-0.2, 0) is 29.2 Å². The van der Waals surface area contributed by atoms with Gasteiger partial charge in [0.15, 0.2) is 0 Å². The first-order valence-electron chi connectivity index (χ1n) is 15.4. The number of rotatable bonds is 12. The number of benzene rings is 2. The van der Waals surface area contributed by atoms with Crippen LogP contribution in [0.25, 0.3) is 11.0 Å². The number of alkyl halides is 1. The summed E-state index contributed by atoms with van der Waals surface area (Å²) >= 11 is 0. The third-order valence-electron chi connectivity index (χ3n) is 9.40. The molecule has 0 unspecified atom stereocenters. The van der Waals surface area contributed by atoms with E-state index in [2.05, 4.69) is 9.47 Å². The monoisotopic (exact) mass is 602 g/mol. The number of halogens is 2. The third kappa shape index (κ3) is 6.05. The van der Waals surface area contributed by atoms with E-state index in [0.29, 0.717) is 55.9 Å². The minimum Gasteiger partial charge on any atom is -0.473 e. The summed E-state index contributed by atoms with van der Waals surface area (Å²) in [5.74, 6) is 2.15. The van der Waals surface area contributed by atoms with Gasteiger partial charge < -0.3 is 18.8 Å². The lowest BCUT2D eigenvalue weighted by Crippen LogP contribution is -2.34. The lowest BCUT2D eigenvalue weighted by atomic mass is 9.93. The average Bonchev–Trinajstić information content (AvgIpc) is 3.72. The molecule has 0 radical (unpaired) electrons. The fourth-order valence-corrected chi connectivity index (χ4v) is 6.26. The summed E-state index contributed by atoms with van der Waals surface area (Å²) in [6.07, 6.45) is 3.60. The summed E-state index contributed by atoms with van der Waals surface area (Å²) in [4.78, 5) is 23.0. The van der Waals surface area contributed by atoms with E-state index in [-0.39, 0.29) is 30.4 Å². The van der Waals surface area contributed by atoms with E-state index in [0.717, 1.165) is 66.9 Å². The van der Waals surface area contributed by atoms with Crippen molar-refractivity contribution in [1.82, 2.24) is 19.4 Å². The van der Waals surface area contributed by atoms with Crippen LogP contribution in [0.1, 0.15) is 60.2 Å². The van der Waals surface area contributed by atoms with Gasteiger partial charge in [-0.2, -0.15) is 0 Å². The van der Waals surface area contributed by atoms with Gasteiger partial charge in [-0.05, 0) is 68.6 Å². The molecule has 10 heteroatoms. The van der Waals surface area contributed by atoms with Crippen molar-refractivity contribution in [2.75, 3.05) is 33.0 Å². The summed E-state index contributed by atoms with van der Waals surface area (Å²) in [7, 11) is 0. The van der Waals surface area contributed by atoms with Gasteiger partial charge >= 0.3 is 0 Å². The molecule has 44 heavy (non-hydrogen) atoms. The minimum absolute atomic E-state index is 0.121. The molecule has 0 spiro atoms. The van der Waals surface area contributed by atoms with Crippen LogP contribution in [0.5, 0.6) is 11.6 Å². The Morgan fingerprint density at radius 2 is 1.86 bits per heavy atom. The van der Waals surface area contributed by atoms with Gasteiger partial charge in [-0.1, -0.05) is 18.2 Å². The van der Waals surface area contributed by atoms with Crippen molar-refractivity contribution in [3.63, 3.8) is 0 Å². The number of nitrogens with zero attached hydrogens (tertiary/aromatic N) is 4. The van der Waals surface area contributed by atoms with Crippen molar-refractivity contribution < 1.29 is 27.8 Å². The number of piperidine rings is 1. The molecule has 2 saturated heterocycles. The highest BCUT2D eigenvalue weighted by molar-refractivity contribution is 5.78. The molecule has 2 aromatic carbocycles. The molecule has 2 aliphatic heterocycles. The van der Waals surface area contributed by atoms with Gasteiger partial charge in [0.05, 0.1) is 37.5 Å². The van der Waals surface area contributed by atoms with Gasteiger partial charge in [0, 0.05) is 47.2 Å². The first-order chi connectivity index (χ1) is 21.5. The molecule has 7 rings (SSSR count). The number of hydrogen-bond acceptors (Lipinski definition) is 7. The number of ether oxygens (including phenoxy) is 3. The second kappa shape index (κ2) is 12.2. The highest BCUT2D eigenvalue weighted by atomic mass is 19.1. The van der Waals surface area contributed by atoms with Crippen LogP contribution in [0.2, 0.25) is 0 Å². The zero-order valence-corrected chi connectivity index (χ0v) is 24.6. The van der Waals surface area contributed by atoms with Gasteiger partial charge in [-0.15, -0.1) is 0 Å². The minimum atomic E-state index is -0.352. The van der Waals surface area contributed by atoms with Gasteiger partial charge in [-0.25, -0.2) is 14.4 Å². The Balaban J connectivity index is 0.989. The first kappa shape index (κ1) is 28.9. The van der Waals surface area contributed by atoms with E-state index >= 15 is 0 Å². The van der Waals surface area contributed by atoms with Gasteiger partial charge in [-0.3, -0.25) is 14.1 Å². The third-order valence-corrected chi connectivity index (χ3v) is 9.40. The zero-order valence-electron chi connectivity index (χ0n) is 24.6. The van der Waals surface area contributed by atoms with Crippen LogP contribution < -0.4 is 9.47 Å². The summed E-state index contributed by atoms with van der Waals surface area (Å²) in [5.41, 5.74) is 3.80. The number of pyridine rings is 1. The van der Waals surface area contributed by atoms with Crippen LogP contribution in [0.4, 0.5) is 8.78 Å². The number of aromatic nitrogens is 3. The van der Waals surface area contributed by atoms with Crippen molar-refractivity contribution in [2.45, 2.75) is 57.2 Å². The molecule has 2 aromatic heterocycles. The average molecular weight is 603 g/mol. The van der Waals surface area contributed by atoms with E-state index in [1.165, 1.54) is 0 Å². The van der Waals surface area contributed by atoms with Crippen molar-refractivity contribution >= 4 is 17.5 Å². The van der Waals surface area contributed by atoms with Crippen LogP contribution in [0, 0.1) is 11.2 Å². The number of fused-ring (bicyclic) bond motifs is 1. The van der Waals surface area contributed by atoms with E-state index < -0.39 is 0 Å². The molecule has 1 saturated carbocycles. The second-order valence-electron chi connectivity index (χ2n) is 12.4. The van der Waals surface area contributed by atoms with Crippen molar-refractivity contribution in [3.8, 4) is 11.6 Å². The van der Waals surface area contributed by atoms with E-state index in [9.17, 15) is 13.6 Å². The maximum absolute atomic E-state index is 14.7. The zero-order chi connectivity index (χ0) is 30.1. The Morgan fingerprint density at radius 3 is 2.57 bits per heavy atom. The van der Waals surface area contributed by atoms with Crippen LogP contribution in [-0.4, -0.2) is 58.9 Å². The summed E-state index contributed by atoms with van der Waals surface area (Å²) in [5, 5.41) is 0. The molecule has 0 amide bonds. The molecule has 4 heterocycles. The predicted molar refractivity (Wildman–Crippen MR) is 160 cm³/mol. The molecule has 3 aliphatic rings. The lowest BCUT2D eigenvalue weighted by molar-refractivity contribution is -0.120. The summed E-state index contributed by atoms with van der Waals surface area (Å²) in [6.45, 7) is 4.44. The topological polar surface area (TPSA) is 78.7 Å². The smallest absolute Gasteiger partial charge is 0.298 e. The number of imidazole rings is 1. The van der Waals surface area contributed by atoms with Gasteiger partial charge in [0.1, 0.15) is 24.0 Å². The van der Waals surface area contributed by atoms with Crippen LogP contribution in [0.15, 0.2) is 54.6 Å². The molecule has 230 valence electrons. The summed E-state index contributed by atoms with van der Waals surface area (Å²) < 4.78 is 46.9. The van der Waals surface area contributed by atoms with E-state index in [4.69, 9.17) is 24.2 Å². The first-order valence-corrected chi connectivity index (χ1v) is 15.4. The fourth-order valence-electron chi connectivity index (χ4n) is 6.26. The normalized spacial score (nSPS) is 18.7. The molecule has 0 N–H and O–H groups in total. The van der Waals surface area contributed by atoms with Crippen molar-refractivity contribution in [2.24, 2.45) is 5.41 Å². The number of carbonyl (C=O) groups excluding carboxylic acids is 1. The molecule has 4 aromatic rings. The Labute approximate surface area is 255 Å². The highest BCUT2D eigenvalue weighted by Gasteiger charge is 2.44. The maximum atomic E-state index is 14.7. The van der Waals surface area contributed by atoms with E-state index in [1.807, 2.05) is 36.4 Å². The number of likely N-dealkylation sites (tertiary alicyclic amines) is 1. The number of carbonyl (C=O) groups is 1. The van der Waals surface area contributed by atoms with Crippen LogP contribution >= 0.6 is 0 Å². The Hall–Kier alpha value is -3.89. The van der Waals surface area contributed by atoms with E-state index in [1.54, 1.807) is 18.2 Å². The molecule has 0 atom stereocenters. The van der Waals surface area contributed by atoms with Gasteiger partial charge in [0.25, 0.3) is 6.47 Å². The predicted octanol–water partition coefficient (Wildman–Crippen LogP) is 5.93. The molecular weight excluding hydrogens is 566 g/mol. The number of hydrogen-bond donors (Lipinski definition) is 0. The standard InChI is InChI=1S/C34H36F2N4O4/c35-20-34(10-11-34)21-40-31-15-27(44-22-41)6-7-30(31)37-32(40)16-39-12-8-23(9-13-39)29-2-1-3-33(38-29)43-19-25-5-4-24(14-28(25)36)26-17-42-18-26/h1-7,14-15,22-23,26H,8-13,16-21H2. The fraction of sp³-hybridized carbons (Fsp3) is 0.441. The van der Waals surface area contributed by atoms with Crippen molar-refractivity contribution in [1.29, 1.82) is 0 Å². The molecule has 0 bridgehead atoms. The Bertz CT molecular complexity index is 1640. The lowest BCUT2D eigenvalue weighted by Gasteiger charge is -2.31. The quantitative estimate of drug-likeness (QED) is 0.186. The second-order valence-corrected chi connectivity index (χ2v) is 12.4. The SMILES string of the molecule is O=COc1ccc2nc(CN3CCC(c4cccc(OCc5ccc(C6COC6)cc5F)n4)CC3)n(CC3(CF)CC3)c2c1. The van der Waals surface area contributed by atoms with Crippen LogP contribution in [0.3, 0.4) is 0 Å². The maximum Gasteiger partial charge on any atom is 0.298 e. The highest BCUT2D eigenvalue weighted by Crippen LogP contribution is 2.48. The van der Waals surface area contributed by atoms with Gasteiger partial charge in [0.2, 0.25) is 5.88 Å². The molecule has 3 fully saturated rings. The molecule has 8 nitrogen and oxygen atoms in total. The van der Waals surface area contributed by atoms with Crippen molar-refractivity contribution in [3.05, 3.63) is 83.1 Å². The largest absolute Gasteiger partial charge is 0.473 e. The summed E-state index contributed by atoms with van der Waals surface area (Å²) in [6, 6.07) is 16.5. The molecular formula is C34H36F2N4O4.